The molecule has 0 saturated carbocycles. The molecule has 1 unspecified atom stereocenters. The number of hydrogen-bond donors (Lipinski definition) is 1. The highest BCUT2D eigenvalue weighted by molar-refractivity contribution is 7.89. The van der Waals surface area contributed by atoms with E-state index >= 15 is 0 Å². The molecule has 0 radical (unpaired) electrons. The molecular formula is C19H26N2O8S. The number of esters is 1. The highest BCUT2D eigenvalue weighted by Crippen LogP contribution is 2.21. The second-order valence-electron chi connectivity index (χ2n) is 7.52. The van der Waals surface area contributed by atoms with E-state index < -0.39 is 57.5 Å². The lowest BCUT2D eigenvalue weighted by Crippen LogP contribution is -2.46. The van der Waals surface area contributed by atoms with Crippen LogP contribution in [0.15, 0.2) is 47.9 Å². The predicted molar refractivity (Wildman–Crippen MR) is 108 cm³/mol. The van der Waals surface area contributed by atoms with Crippen LogP contribution < -0.4 is 0 Å². The van der Waals surface area contributed by atoms with Crippen molar-refractivity contribution in [3.63, 3.8) is 0 Å². The molecule has 2 atom stereocenters. The minimum Gasteiger partial charge on any atom is -0.481 e. The number of nitro groups is 1. The van der Waals surface area contributed by atoms with Crippen LogP contribution >= 0.6 is 0 Å². The first-order valence-corrected chi connectivity index (χ1v) is 10.5. The van der Waals surface area contributed by atoms with E-state index in [1.165, 1.54) is 51.1 Å². The zero-order valence-electron chi connectivity index (χ0n) is 17.1. The number of hydrogen-bond acceptors (Lipinski definition) is 7. The normalized spacial score (nSPS) is 14.0. The van der Waals surface area contributed by atoms with E-state index in [9.17, 15) is 33.2 Å². The Bertz CT molecular complexity index is 878. The SMILES string of the molecule is C=CC[C@@H](CN(CC(C(=O)O)C(=O)OC(C)(C)C)S(=O)(=O)c1ccccc1)[N+](=O)[O-]. The molecule has 10 nitrogen and oxygen atoms in total. The van der Waals surface area contributed by atoms with Gasteiger partial charge in [-0.1, -0.05) is 24.3 Å². The van der Waals surface area contributed by atoms with Gasteiger partial charge >= 0.3 is 11.9 Å². The molecule has 1 N–H and O–H groups in total. The van der Waals surface area contributed by atoms with Crippen molar-refractivity contribution in [2.45, 2.75) is 43.7 Å². The maximum absolute atomic E-state index is 13.1. The number of carbonyl (C=O) groups is 2. The van der Waals surface area contributed by atoms with Gasteiger partial charge in [-0.05, 0) is 32.9 Å². The third-order valence-corrected chi connectivity index (χ3v) is 5.75. The van der Waals surface area contributed by atoms with Crippen LogP contribution in [-0.2, 0) is 24.3 Å². The van der Waals surface area contributed by atoms with Crippen LogP contribution in [-0.4, -0.2) is 59.4 Å². The first-order valence-electron chi connectivity index (χ1n) is 9.05. The summed E-state index contributed by atoms with van der Waals surface area (Å²) in [4.78, 5) is 34.6. The summed E-state index contributed by atoms with van der Waals surface area (Å²) >= 11 is 0. The van der Waals surface area contributed by atoms with E-state index in [1.54, 1.807) is 6.07 Å². The third-order valence-electron chi connectivity index (χ3n) is 3.91. The van der Waals surface area contributed by atoms with Crippen molar-refractivity contribution in [1.29, 1.82) is 0 Å². The standard InChI is InChI=1S/C19H26N2O8S/c1-5-9-14(21(25)26)12-20(30(27,28)15-10-7-6-8-11-15)13-16(17(22)23)18(24)29-19(2,3)4/h5-8,10-11,14,16H,1,9,12-13H2,2-4H3,(H,22,23)/t14-,16?/m0/s1. The van der Waals surface area contributed by atoms with E-state index in [4.69, 9.17) is 4.74 Å². The quantitative estimate of drug-likeness (QED) is 0.180. The average molecular weight is 442 g/mol. The molecule has 0 heterocycles. The first-order chi connectivity index (χ1) is 13.8. The molecule has 1 aromatic carbocycles. The molecule has 1 aromatic rings. The Labute approximate surface area is 175 Å². The summed E-state index contributed by atoms with van der Waals surface area (Å²) in [5, 5.41) is 20.9. The molecule has 30 heavy (non-hydrogen) atoms. The fraction of sp³-hybridized carbons (Fsp3) is 0.474. The van der Waals surface area contributed by atoms with Gasteiger partial charge in [-0.3, -0.25) is 19.7 Å². The lowest BCUT2D eigenvalue weighted by atomic mass is 10.1. The van der Waals surface area contributed by atoms with Crippen LogP contribution in [0.3, 0.4) is 0 Å². The number of nitrogens with zero attached hydrogens (tertiary/aromatic N) is 2. The van der Waals surface area contributed by atoms with Gasteiger partial charge in [0.1, 0.15) is 5.60 Å². The average Bonchev–Trinajstić information content (AvgIpc) is 2.62. The smallest absolute Gasteiger partial charge is 0.322 e. The number of aliphatic carboxylic acids is 1. The summed E-state index contributed by atoms with van der Waals surface area (Å²) in [6, 6.07) is 5.70. The minimum absolute atomic E-state index is 0.141. The molecular weight excluding hydrogens is 416 g/mol. The maximum atomic E-state index is 13.1. The van der Waals surface area contributed by atoms with Crippen molar-refractivity contribution in [2.24, 2.45) is 5.92 Å². The second-order valence-corrected chi connectivity index (χ2v) is 9.46. The van der Waals surface area contributed by atoms with Crippen LogP contribution in [0.25, 0.3) is 0 Å². The molecule has 11 heteroatoms. The summed E-state index contributed by atoms with van der Waals surface area (Å²) in [7, 11) is -4.33. The molecule has 0 aromatic heterocycles. The lowest BCUT2D eigenvalue weighted by molar-refractivity contribution is -0.521. The summed E-state index contributed by atoms with van der Waals surface area (Å²) in [5.74, 6) is -4.60. The summed E-state index contributed by atoms with van der Waals surface area (Å²) < 4.78 is 31.9. The highest BCUT2D eigenvalue weighted by atomic mass is 32.2. The van der Waals surface area contributed by atoms with Crippen molar-refractivity contribution in [3.8, 4) is 0 Å². The molecule has 0 fully saturated rings. The van der Waals surface area contributed by atoms with E-state index in [2.05, 4.69) is 6.58 Å². The first kappa shape index (κ1) is 25.2. The predicted octanol–water partition coefficient (Wildman–Crippen LogP) is 1.94. The number of carbonyl (C=O) groups excluding carboxylic acids is 1. The number of sulfonamides is 1. The molecule has 0 amide bonds. The Morgan fingerprint density at radius 3 is 2.27 bits per heavy atom. The Hall–Kier alpha value is -2.79. The van der Waals surface area contributed by atoms with Crippen LogP contribution in [0.2, 0.25) is 0 Å². The van der Waals surface area contributed by atoms with E-state index in [0.717, 1.165) is 0 Å². The van der Waals surface area contributed by atoms with E-state index in [0.29, 0.717) is 4.31 Å². The van der Waals surface area contributed by atoms with Gasteiger partial charge in [0.25, 0.3) is 0 Å². The molecule has 0 aliphatic rings. The summed E-state index contributed by atoms with van der Waals surface area (Å²) in [6.07, 6.45) is 1.13. The Balaban J connectivity index is 3.37. The van der Waals surface area contributed by atoms with E-state index in [-0.39, 0.29) is 11.3 Å². The monoisotopic (exact) mass is 442 g/mol. The minimum atomic E-state index is -4.33. The molecule has 0 aliphatic carbocycles. The molecule has 166 valence electrons. The van der Waals surface area contributed by atoms with Crippen molar-refractivity contribution in [1.82, 2.24) is 4.31 Å². The number of ether oxygens (including phenoxy) is 1. The maximum Gasteiger partial charge on any atom is 0.322 e. The summed E-state index contributed by atoms with van der Waals surface area (Å²) in [5.41, 5.74) is -1.000. The fourth-order valence-electron chi connectivity index (χ4n) is 2.50. The zero-order chi connectivity index (χ0) is 23.1. The van der Waals surface area contributed by atoms with Gasteiger partial charge in [0.2, 0.25) is 16.1 Å². The molecule has 0 bridgehead atoms. The van der Waals surface area contributed by atoms with Crippen molar-refractivity contribution in [2.75, 3.05) is 13.1 Å². The fourth-order valence-corrected chi connectivity index (χ4v) is 4.01. The Morgan fingerprint density at radius 1 is 1.27 bits per heavy atom. The van der Waals surface area contributed by atoms with Crippen LogP contribution in [0, 0.1) is 16.0 Å². The second kappa shape index (κ2) is 10.3. The lowest BCUT2D eigenvalue weighted by Gasteiger charge is -2.27. The van der Waals surface area contributed by atoms with Crippen molar-refractivity contribution in [3.05, 3.63) is 53.1 Å². The van der Waals surface area contributed by atoms with E-state index in [1.807, 2.05) is 0 Å². The molecule has 1 rings (SSSR count). The Kier molecular flexibility index (Phi) is 8.67. The van der Waals surface area contributed by atoms with Gasteiger partial charge in [0.05, 0.1) is 11.4 Å². The highest BCUT2D eigenvalue weighted by Gasteiger charge is 2.39. The molecule has 0 saturated heterocycles. The molecule has 0 aliphatic heterocycles. The van der Waals surface area contributed by atoms with Crippen molar-refractivity contribution >= 4 is 22.0 Å². The number of rotatable bonds is 11. The largest absolute Gasteiger partial charge is 0.481 e. The third kappa shape index (κ3) is 7.23. The van der Waals surface area contributed by atoms with Crippen LogP contribution in [0.4, 0.5) is 0 Å². The number of carboxylic acids is 1. The van der Waals surface area contributed by atoms with Gasteiger partial charge in [0, 0.05) is 17.9 Å². The van der Waals surface area contributed by atoms with Crippen molar-refractivity contribution < 1.29 is 32.8 Å². The van der Waals surface area contributed by atoms with Gasteiger partial charge in [0.15, 0.2) is 5.92 Å². The topological polar surface area (TPSA) is 144 Å². The van der Waals surface area contributed by atoms with Gasteiger partial charge in [-0.25, -0.2) is 8.42 Å². The Morgan fingerprint density at radius 2 is 1.83 bits per heavy atom. The van der Waals surface area contributed by atoms with Crippen LogP contribution in [0.5, 0.6) is 0 Å². The number of benzene rings is 1. The zero-order valence-corrected chi connectivity index (χ0v) is 17.9. The summed E-state index contributed by atoms with van der Waals surface area (Å²) in [6.45, 7) is 6.59. The van der Waals surface area contributed by atoms with Gasteiger partial charge in [-0.2, -0.15) is 4.31 Å². The van der Waals surface area contributed by atoms with Crippen LogP contribution in [0.1, 0.15) is 27.2 Å². The van der Waals surface area contributed by atoms with Gasteiger partial charge in [-0.15, -0.1) is 6.58 Å². The van der Waals surface area contributed by atoms with Gasteiger partial charge < -0.3 is 9.84 Å². The molecule has 0 spiro atoms. The number of carboxylic acid groups (broad SMARTS) is 1.